The summed E-state index contributed by atoms with van der Waals surface area (Å²) >= 11 is 0. The maximum Gasteiger partial charge on any atom is 0.0397 e. The van der Waals surface area contributed by atoms with Crippen LogP contribution >= 0.6 is 0 Å². The van der Waals surface area contributed by atoms with Crippen molar-refractivity contribution in [2.24, 2.45) is 0 Å². The van der Waals surface area contributed by atoms with Gasteiger partial charge in [0, 0.05) is 56.8 Å². The van der Waals surface area contributed by atoms with Crippen molar-refractivity contribution in [3.8, 4) is 0 Å². The maximum absolute atomic E-state index is 4.13. The first kappa shape index (κ1) is 17.5. The molecule has 4 nitrogen and oxygen atoms in total. The van der Waals surface area contributed by atoms with Gasteiger partial charge in [0.2, 0.25) is 0 Å². The lowest BCUT2D eigenvalue weighted by Gasteiger charge is -2.43. The summed E-state index contributed by atoms with van der Waals surface area (Å²) < 4.78 is 0. The van der Waals surface area contributed by atoms with Crippen LogP contribution in [0.3, 0.4) is 0 Å². The Hall–Kier alpha value is -1.91. The minimum absolute atomic E-state index is 0.780. The van der Waals surface area contributed by atoms with Crippen molar-refractivity contribution in [1.82, 2.24) is 14.8 Å². The largest absolute Gasteiger partial charge is 0.369 e. The van der Waals surface area contributed by atoms with E-state index in [-0.39, 0.29) is 0 Å². The summed E-state index contributed by atoms with van der Waals surface area (Å²) in [5.74, 6) is 0. The van der Waals surface area contributed by atoms with Gasteiger partial charge in [-0.25, -0.2) is 0 Å². The minimum Gasteiger partial charge on any atom is -0.369 e. The zero-order chi connectivity index (χ0) is 17.6. The Kier molecular flexibility index (Phi) is 5.82. The van der Waals surface area contributed by atoms with Crippen molar-refractivity contribution in [2.45, 2.75) is 25.3 Å². The van der Waals surface area contributed by atoms with Crippen LogP contribution in [0.25, 0.3) is 0 Å². The van der Waals surface area contributed by atoms with Crippen LogP contribution in [0.2, 0.25) is 0 Å². The van der Waals surface area contributed by atoms with Gasteiger partial charge in [0.15, 0.2) is 0 Å². The highest BCUT2D eigenvalue weighted by Crippen LogP contribution is 2.21. The molecule has 26 heavy (non-hydrogen) atoms. The number of anilines is 1. The van der Waals surface area contributed by atoms with Crippen molar-refractivity contribution >= 4 is 5.69 Å². The fourth-order valence-corrected chi connectivity index (χ4v) is 4.34. The Morgan fingerprint density at radius 2 is 1.50 bits per heavy atom. The highest BCUT2D eigenvalue weighted by atomic mass is 15.3. The molecule has 2 aromatic rings. The lowest BCUT2D eigenvalue weighted by molar-refractivity contribution is 0.104. The molecule has 0 unspecified atom stereocenters. The van der Waals surface area contributed by atoms with Gasteiger partial charge in [-0.05, 0) is 50.0 Å². The van der Waals surface area contributed by atoms with Gasteiger partial charge in [-0.15, -0.1) is 0 Å². The van der Waals surface area contributed by atoms with E-state index in [1.807, 2.05) is 12.4 Å². The van der Waals surface area contributed by atoms with Crippen molar-refractivity contribution < 1.29 is 0 Å². The zero-order valence-electron chi connectivity index (χ0n) is 15.6. The third-order valence-corrected chi connectivity index (χ3v) is 5.98. The van der Waals surface area contributed by atoms with Gasteiger partial charge in [-0.2, -0.15) is 0 Å². The van der Waals surface area contributed by atoms with E-state index in [4.69, 9.17) is 0 Å². The molecule has 0 spiro atoms. The zero-order valence-corrected chi connectivity index (χ0v) is 15.6. The molecule has 4 rings (SSSR count). The monoisotopic (exact) mass is 350 g/mol. The van der Waals surface area contributed by atoms with E-state index in [2.05, 4.69) is 62.1 Å². The standard InChI is InChI=1S/C22H30N4/c1-2-4-20(5-3-1)8-13-24-14-9-22(10-15-24)26-18-16-25(17-19-26)21-6-11-23-12-7-21/h1-7,11-12,22H,8-10,13-19H2. The van der Waals surface area contributed by atoms with Crippen LogP contribution in [0.5, 0.6) is 0 Å². The SMILES string of the molecule is c1ccc(CCN2CCC(N3CCN(c4ccncc4)CC3)CC2)cc1. The van der Waals surface area contributed by atoms with E-state index < -0.39 is 0 Å². The number of likely N-dealkylation sites (tertiary alicyclic amines) is 1. The first-order valence-corrected chi connectivity index (χ1v) is 10.0. The van der Waals surface area contributed by atoms with Crippen molar-refractivity contribution in [3.63, 3.8) is 0 Å². The first-order valence-electron chi connectivity index (χ1n) is 10.0. The fraction of sp³-hybridized carbons (Fsp3) is 0.500. The maximum atomic E-state index is 4.13. The third-order valence-electron chi connectivity index (χ3n) is 5.98. The normalized spacial score (nSPS) is 20.4. The van der Waals surface area contributed by atoms with Crippen molar-refractivity contribution in [3.05, 3.63) is 60.4 Å². The van der Waals surface area contributed by atoms with Crippen molar-refractivity contribution in [1.29, 1.82) is 0 Å². The second-order valence-corrected chi connectivity index (χ2v) is 7.54. The predicted octanol–water partition coefficient (Wildman–Crippen LogP) is 2.91. The average molecular weight is 351 g/mol. The quantitative estimate of drug-likeness (QED) is 0.827. The van der Waals surface area contributed by atoms with Gasteiger partial charge in [-0.3, -0.25) is 9.88 Å². The van der Waals surface area contributed by atoms with E-state index in [9.17, 15) is 0 Å². The molecule has 0 atom stereocenters. The Balaban J connectivity index is 1.19. The molecule has 0 amide bonds. The Bertz CT molecular complexity index is 644. The molecule has 2 aliphatic rings. The number of nitrogens with zero attached hydrogens (tertiary/aromatic N) is 4. The number of hydrogen-bond acceptors (Lipinski definition) is 4. The second kappa shape index (κ2) is 8.65. The number of pyridine rings is 1. The lowest BCUT2D eigenvalue weighted by Crippen LogP contribution is -2.53. The Labute approximate surface area is 157 Å². The molecule has 0 radical (unpaired) electrons. The van der Waals surface area contributed by atoms with Gasteiger partial charge in [0.1, 0.15) is 0 Å². The van der Waals surface area contributed by atoms with Crippen LogP contribution in [-0.4, -0.2) is 66.6 Å². The summed E-state index contributed by atoms with van der Waals surface area (Å²) in [6, 6.07) is 15.9. The number of piperazine rings is 1. The van der Waals surface area contributed by atoms with Crippen molar-refractivity contribution in [2.75, 3.05) is 50.7 Å². The molecule has 0 saturated carbocycles. The van der Waals surface area contributed by atoms with Gasteiger partial charge < -0.3 is 9.80 Å². The number of rotatable bonds is 5. The highest BCUT2D eigenvalue weighted by Gasteiger charge is 2.27. The summed E-state index contributed by atoms with van der Waals surface area (Å²) in [7, 11) is 0. The molecule has 0 bridgehead atoms. The smallest absolute Gasteiger partial charge is 0.0397 e. The topological polar surface area (TPSA) is 22.6 Å². The predicted molar refractivity (Wildman–Crippen MR) is 108 cm³/mol. The highest BCUT2D eigenvalue weighted by molar-refractivity contribution is 5.44. The molecule has 3 heterocycles. The molecule has 2 fully saturated rings. The molecule has 1 aromatic carbocycles. The van der Waals surface area contributed by atoms with Crippen LogP contribution in [-0.2, 0) is 6.42 Å². The van der Waals surface area contributed by atoms with Crippen LogP contribution in [0, 0.1) is 0 Å². The molecule has 1 aromatic heterocycles. The summed E-state index contributed by atoms with van der Waals surface area (Å²) in [5, 5.41) is 0. The lowest BCUT2D eigenvalue weighted by atomic mass is 10.0. The van der Waals surface area contributed by atoms with Crippen LogP contribution in [0.1, 0.15) is 18.4 Å². The fourth-order valence-electron chi connectivity index (χ4n) is 4.34. The van der Waals surface area contributed by atoms with E-state index in [0.29, 0.717) is 0 Å². The van der Waals surface area contributed by atoms with Crippen LogP contribution in [0.4, 0.5) is 5.69 Å². The van der Waals surface area contributed by atoms with E-state index >= 15 is 0 Å². The number of aromatic nitrogens is 1. The molecule has 0 N–H and O–H groups in total. The molecule has 138 valence electrons. The van der Waals surface area contributed by atoms with Crippen LogP contribution < -0.4 is 4.90 Å². The first-order chi connectivity index (χ1) is 12.9. The van der Waals surface area contributed by atoms with Gasteiger partial charge >= 0.3 is 0 Å². The summed E-state index contributed by atoms with van der Waals surface area (Å²) in [6.45, 7) is 8.36. The van der Waals surface area contributed by atoms with Gasteiger partial charge in [-0.1, -0.05) is 30.3 Å². The number of hydrogen-bond donors (Lipinski definition) is 0. The molecule has 4 heteroatoms. The van der Waals surface area contributed by atoms with E-state index in [1.165, 1.54) is 63.2 Å². The third kappa shape index (κ3) is 4.43. The Morgan fingerprint density at radius 1 is 0.808 bits per heavy atom. The average Bonchev–Trinajstić information content (AvgIpc) is 2.74. The molecule has 2 saturated heterocycles. The van der Waals surface area contributed by atoms with Crippen LogP contribution in [0.15, 0.2) is 54.9 Å². The van der Waals surface area contributed by atoms with E-state index in [1.54, 1.807) is 0 Å². The minimum atomic E-state index is 0.780. The summed E-state index contributed by atoms with van der Waals surface area (Å²) in [5.41, 5.74) is 2.78. The Morgan fingerprint density at radius 3 is 2.19 bits per heavy atom. The second-order valence-electron chi connectivity index (χ2n) is 7.54. The molecular weight excluding hydrogens is 320 g/mol. The number of benzene rings is 1. The molecular formula is C22H30N4. The molecule has 0 aliphatic carbocycles. The summed E-state index contributed by atoms with van der Waals surface area (Å²) in [4.78, 5) is 12.0. The van der Waals surface area contributed by atoms with E-state index in [0.717, 1.165) is 19.1 Å². The number of piperidine rings is 1. The molecule has 2 aliphatic heterocycles. The summed E-state index contributed by atoms with van der Waals surface area (Å²) in [6.07, 6.45) is 7.62. The van der Waals surface area contributed by atoms with Gasteiger partial charge in [0.05, 0.1) is 0 Å². The van der Waals surface area contributed by atoms with Gasteiger partial charge in [0.25, 0.3) is 0 Å².